The Morgan fingerprint density at radius 1 is 1.03 bits per heavy atom. The average Bonchev–Trinajstić information content (AvgIpc) is 2.76. The molecule has 3 aromatic rings. The SMILES string of the molecule is Cc1cc(F)ccc1NC(=O)c1ccc(C(/C=C(\N)C(F)(F)F)=Nc2ccccc2Cl)cc1. The number of nitrogens with zero attached hydrogens (tertiary/aromatic N) is 1. The van der Waals surface area contributed by atoms with Crippen LogP contribution >= 0.6 is 11.6 Å². The lowest BCUT2D eigenvalue weighted by Crippen LogP contribution is -2.21. The van der Waals surface area contributed by atoms with Gasteiger partial charge in [-0.25, -0.2) is 9.38 Å². The van der Waals surface area contributed by atoms with Gasteiger partial charge < -0.3 is 11.1 Å². The Balaban J connectivity index is 1.93. The summed E-state index contributed by atoms with van der Waals surface area (Å²) in [5.41, 5.74) is 5.56. The van der Waals surface area contributed by atoms with Crippen molar-refractivity contribution >= 4 is 34.6 Å². The highest BCUT2D eigenvalue weighted by Gasteiger charge is 2.31. The molecule has 3 aromatic carbocycles. The number of carbonyl (C=O) groups is 1. The summed E-state index contributed by atoms with van der Waals surface area (Å²) in [5.74, 6) is -0.891. The predicted molar refractivity (Wildman–Crippen MR) is 122 cm³/mol. The van der Waals surface area contributed by atoms with Gasteiger partial charge in [0, 0.05) is 16.8 Å². The Hall–Kier alpha value is -3.65. The topological polar surface area (TPSA) is 67.5 Å². The van der Waals surface area contributed by atoms with Gasteiger partial charge in [0.25, 0.3) is 5.91 Å². The van der Waals surface area contributed by atoms with Gasteiger partial charge in [-0.05, 0) is 61.0 Å². The van der Waals surface area contributed by atoms with Crippen LogP contribution in [0.5, 0.6) is 0 Å². The van der Waals surface area contributed by atoms with Gasteiger partial charge in [-0.2, -0.15) is 13.2 Å². The van der Waals surface area contributed by atoms with Crippen molar-refractivity contribution in [3.63, 3.8) is 0 Å². The number of benzene rings is 3. The second-order valence-electron chi connectivity index (χ2n) is 7.04. The van der Waals surface area contributed by atoms with Crippen molar-refractivity contribution in [1.29, 1.82) is 0 Å². The van der Waals surface area contributed by atoms with Crippen LogP contribution in [0.1, 0.15) is 21.5 Å². The number of nitrogens with two attached hydrogens (primary N) is 1. The normalized spacial score (nSPS) is 12.5. The third kappa shape index (κ3) is 6.20. The zero-order valence-electron chi connectivity index (χ0n) is 17.3. The molecule has 0 saturated heterocycles. The molecular formula is C24H18ClF4N3O. The number of allylic oxidation sites excluding steroid dienone is 2. The van der Waals surface area contributed by atoms with E-state index in [0.29, 0.717) is 17.3 Å². The van der Waals surface area contributed by atoms with E-state index in [1.165, 1.54) is 42.5 Å². The maximum Gasteiger partial charge on any atom is 0.430 e. The molecule has 0 saturated carbocycles. The van der Waals surface area contributed by atoms with Crippen LogP contribution < -0.4 is 11.1 Å². The van der Waals surface area contributed by atoms with Gasteiger partial charge in [0.1, 0.15) is 11.5 Å². The molecule has 3 rings (SSSR count). The number of amides is 1. The summed E-state index contributed by atoms with van der Waals surface area (Å²) in [6.45, 7) is 1.65. The minimum Gasteiger partial charge on any atom is -0.395 e. The van der Waals surface area contributed by atoms with E-state index in [2.05, 4.69) is 10.3 Å². The van der Waals surface area contributed by atoms with E-state index in [9.17, 15) is 22.4 Å². The van der Waals surface area contributed by atoms with Crippen LogP contribution in [-0.4, -0.2) is 17.8 Å². The molecule has 0 aliphatic heterocycles. The van der Waals surface area contributed by atoms with E-state index >= 15 is 0 Å². The molecule has 0 atom stereocenters. The van der Waals surface area contributed by atoms with Crippen molar-refractivity contribution < 1.29 is 22.4 Å². The first kappa shape index (κ1) is 24.0. The van der Waals surface area contributed by atoms with E-state index in [1.54, 1.807) is 31.2 Å². The number of aliphatic imine (C=N–C) groups is 1. The Bertz CT molecular complexity index is 1240. The Labute approximate surface area is 192 Å². The van der Waals surface area contributed by atoms with Crippen molar-refractivity contribution in [1.82, 2.24) is 0 Å². The lowest BCUT2D eigenvalue weighted by Gasteiger charge is -2.11. The zero-order valence-corrected chi connectivity index (χ0v) is 18.0. The van der Waals surface area contributed by atoms with Gasteiger partial charge in [-0.15, -0.1) is 0 Å². The highest BCUT2D eigenvalue weighted by molar-refractivity contribution is 6.33. The van der Waals surface area contributed by atoms with Crippen LogP contribution in [0, 0.1) is 12.7 Å². The average molecular weight is 476 g/mol. The predicted octanol–water partition coefficient (Wildman–Crippen LogP) is 6.57. The van der Waals surface area contributed by atoms with Gasteiger partial charge >= 0.3 is 6.18 Å². The first-order valence-corrected chi connectivity index (χ1v) is 9.98. The van der Waals surface area contributed by atoms with Crippen molar-refractivity contribution in [2.75, 3.05) is 5.32 Å². The summed E-state index contributed by atoms with van der Waals surface area (Å²) in [6.07, 6.45) is -4.03. The number of halogens is 5. The zero-order chi connectivity index (χ0) is 24.2. The monoisotopic (exact) mass is 475 g/mol. The standard InChI is InChI=1S/C24H18ClF4N3O/c1-14-12-17(26)10-11-19(14)32-23(33)16-8-6-15(7-9-16)21(13-22(30)24(27,28)29)31-20-5-3-2-4-18(20)25/h2-13H,30H2,1H3,(H,32,33)/b22-13-,31-21?. The minimum atomic E-state index is -4.74. The third-order valence-electron chi connectivity index (χ3n) is 4.59. The maximum absolute atomic E-state index is 13.3. The lowest BCUT2D eigenvalue weighted by atomic mass is 10.1. The summed E-state index contributed by atoms with van der Waals surface area (Å²) in [7, 11) is 0. The molecule has 0 fully saturated rings. The first-order valence-electron chi connectivity index (χ1n) is 9.60. The first-order chi connectivity index (χ1) is 15.5. The molecule has 0 heterocycles. The fourth-order valence-electron chi connectivity index (χ4n) is 2.84. The third-order valence-corrected chi connectivity index (χ3v) is 4.91. The molecule has 33 heavy (non-hydrogen) atoms. The van der Waals surface area contributed by atoms with E-state index in [-0.39, 0.29) is 27.5 Å². The molecular weight excluding hydrogens is 458 g/mol. The number of anilines is 1. The summed E-state index contributed by atoms with van der Waals surface area (Å²) in [6, 6.07) is 16.1. The van der Waals surface area contributed by atoms with Crippen molar-refractivity contribution in [3.8, 4) is 0 Å². The van der Waals surface area contributed by atoms with E-state index in [1.807, 2.05) is 0 Å². The van der Waals surface area contributed by atoms with Crippen molar-refractivity contribution in [2.24, 2.45) is 10.7 Å². The molecule has 0 aliphatic carbocycles. The van der Waals surface area contributed by atoms with Crippen LogP contribution in [0.4, 0.5) is 28.9 Å². The molecule has 1 amide bonds. The van der Waals surface area contributed by atoms with E-state index < -0.39 is 23.6 Å². The fraction of sp³-hybridized carbons (Fsp3) is 0.0833. The molecule has 0 unspecified atom stereocenters. The second-order valence-corrected chi connectivity index (χ2v) is 7.44. The number of aryl methyl sites for hydroxylation is 1. The largest absolute Gasteiger partial charge is 0.430 e. The highest BCUT2D eigenvalue weighted by atomic mass is 35.5. The van der Waals surface area contributed by atoms with Gasteiger partial charge in [0.2, 0.25) is 0 Å². The number of nitrogens with one attached hydrogen (secondary N) is 1. The fourth-order valence-corrected chi connectivity index (χ4v) is 3.01. The summed E-state index contributed by atoms with van der Waals surface area (Å²) in [5, 5.41) is 2.92. The second kappa shape index (κ2) is 9.87. The number of rotatable bonds is 5. The molecule has 0 radical (unpaired) electrons. The molecule has 0 aromatic heterocycles. The molecule has 4 nitrogen and oxygen atoms in total. The minimum absolute atomic E-state index is 0.0840. The molecule has 3 N–H and O–H groups in total. The van der Waals surface area contributed by atoms with Crippen LogP contribution in [0.2, 0.25) is 5.02 Å². The van der Waals surface area contributed by atoms with E-state index in [0.717, 1.165) is 0 Å². The number of carbonyl (C=O) groups excluding carboxylic acids is 1. The molecule has 170 valence electrons. The number of alkyl halides is 3. The van der Waals surface area contributed by atoms with Crippen molar-refractivity contribution in [2.45, 2.75) is 13.1 Å². The quantitative estimate of drug-likeness (QED) is 0.324. The van der Waals surface area contributed by atoms with Crippen LogP contribution in [0.25, 0.3) is 0 Å². The maximum atomic E-state index is 13.3. The lowest BCUT2D eigenvalue weighted by molar-refractivity contribution is -0.0925. The van der Waals surface area contributed by atoms with Crippen LogP contribution in [0.3, 0.4) is 0 Å². The molecule has 0 aliphatic rings. The number of hydrogen-bond donors (Lipinski definition) is 2. The number of hydrogen-bond acceptors (Lipinski definition) is 3. The Morgan fingerprint density at radius 3 is 2.27 bits per heavy atom. The molecule has 0 spiro atoms. The van der Waals surface area contributed by atoms with Crippen LogP contribution in [0.15, 0.2) is 83.5 Å². The summed E-state index contributed by atoms with van der Waals surface area (Å²) < 4.78 is 52.3. The highest BCUT2D eigenvalue weighted by Crippen LogP contribution is 2.27. The van der Waals surface area contributed by atoms with E-state index in [4.69, 9.17) is 17.3 Å². The smallest absolute Gasteiger partial charge is 0.395 e. The molecule has 9 heteroatoms. The molecule has 0 bridgehead atoms. The van der Waals surface area contributed by atoms with Crippen molar-refractivity contribution in [3.05, 3.63) is 106 Å². The van der Waals surface area contributed by atoms with Crippen LogP contribution in [-0.2, 0) is 0 Å². The summed E-state index contributed by atoms with van der Waals surface area (Å²) in [4.78, 5) is 16.8. The van der Waals surface area contributed by atoms with Gasteiger partial charge in [-0.3, -0.25) is 4.79 Å². The summed E-state index contributed by atoms with van der Waals surface area (Å²) >= 11 is 6.09. The Morgan fingerprint density at radius 2 is 1.67 bits per heavy atom. The number of para-hydroxylation sites is 1. The van der Waals surface area contributed by atoms with Gasteiger partial charge in [0.15, 0.2) is 0 Å². The van der Waals surface area contributed by atoms with Gasteiger partial charge in [0.05, 0.1) is 16.4 Å². The Kier molecular flexibility index (Phi) is 7.18. The van der Waals surface area contributed by atoms with Gasteiger partial charge in [-0.1, -0.05) is 35.9 Å².